The largest absolute Gasteiger partial charge is 0.455 e. The van der Waals surface area contributed by atoms with Gasteiger partial charge in [0.2, 0.25) is 5.43 Å². The Morgan fingerprint density at radius 2 is 1.90 bits per heavy atom. The summed E-state index contributed by atoms with van der Waals surface area (Å²) in [7, 11) is 0. The number of carbonyl (C=O) groups excluding carboxylic acids is 1. The Bertz CT molecular complexity index is 1290. The quantitative estimate of drug-likeness (QED) is 0.467. The molecular weight excluding hydrogens is 382 g/mol. The van der Waals surface area contributed by atoms with Crippen LogP contribution in [0.4, 0.5) is 0 Å². The highest BCUT2D eigenvalue weighted by Crippen LogP contribution is 2.21. The minimum absolute atomic E-state index is 0.0303. The molecule has 0 fully saturated rings. The molecule has 4 rings (SSSR count). The first-order chi connectivity index (χ1) is 14.5. The van der Waals surface area contributed by atoms with E-state index in [1.807, 2.05) is 45.0 Å². The first kappa shape index (κ1) is 19.6. The summed E-state index contributed by atoms with van der Waals surface area (Å²) in [5.41, 5.74) is 3.42. The van der Waals surface area contributed by atoms with Gasteiger partial charge in [-0.2, -0.15) is 0 Å². The van der Waals surface area contributed by atoms with Crippen LogP contribution in [0.2, 0.25) is 0 Å². The van der Waals surface area contributed by atoms with E-state index in [0.29, 0.717) is 29.0 Å². The van der Waals surface area contributed by atoms with Gasteiger partial charge in [-0.1, -0.05) is 35.0 Å². The molecule has 3 aromatic heterocycles. The van der Waals surface area contributed by atoms with Crippen LogP contribution in [0, 0.1) is 13.8 Å². The fourth-order valence-corrected chi connectivity index (χ4v) is 3.20. The van der Waals surface area contributed by atoms with Crippen LogP contribution in [-0.2, 0) is 17.9 Å². The summed E-state index contributed by atoms with van der Waals surface area (Å²) in [5, 5.41) is 4.34. The minimum Gasteiger partial charge on any atom is -0.455 e. The van der Waals surface area contributed by atoms with Gasteiger partial charge in [0.25, 0.3) is 0 Å². The number of benzene rings is 1. The number of aryl methyl sites for hydroxylation is 3. The van der Waals surface area contributed by atoms with Gasteiger partial charge in [0, 0.05) is 30.1 Å². The molecular formula is C23H21N3O4. The zero-order valence-electron chi connectivity index (χ0n) is 17.0. The average Bonchev–Trinajstić information content (AvgIpc) is 3.22. The van der Waals surface area contributed by atoms with Crippen LogP contribution in [0.5, 0.6) is 0 Å². The highest BCUT2D eigenvalue weighted by molar-refractivity contribution is 5.93. The van der Waals surface area contributed by atoms with E-state index >= 15 is 0 Å². The molecule has 1 aromatic carbocycles. The Hall–Kier alpha value is -3.74. The monoisotopic (exact) mass is 403 g/mol. The lowest BCUT2D eigenvalue weighted by Gasteiger charge is -2.10. The molecule has 0 N–H and O–H groups in total. The first-order valence-electron chi connectivity index (χ1n) is 9.67. The van der Waals surface area contributed by atoms with E-state index in [1.165, 1.54) is 6.20 Å². The molecule has 7 nitrogen and oxygen atoms in total. The highest BCUT2D eigenvalue weighted by Gasteiger charge is 2.18. The fourth-order valence-electron chi connectivity index (χ4n) is 3.20. The van der Waals surface area contributed by atoms with E-state index in [9.17, 15) is 9.59 Å². The molecule has 0 atom stereocenters. The van der Waals surface area contributed by atoms with Crippen LogP contribution in [-0.4, -0.2) is 20.7 Å². The first-order valence-corrected chi connectivity index (χ1v) is 9.67. The van der Waals surface area contributed by atoms with Crippen molar-refractivity contribution in [1.82, 2.24) is 14.7 Å². The van der Waals surface area contributed by atoms with E-state index in [0.717, 1.165) is 16.8 Å². The standard InChI is InChI=1S/C23H21N3O4/c1-4-26-12-19(21(27)18-10-7-15(3)24-22(18)26)23(28)29-13-17-11-20(30-25-17)16-8-5-14(2)6-9-16/h5-12H,4,13H2,1-3H3. The molecule has 0 saturated heterocycles. The summed E-state index contributed by atoms with van der Waals surface area (Å²) in [6.45, 7) is 6.26. The SMILES string of the molecule is CCn1cc(C(=O)OCc2cc(-c3ccc(C)cc3)on2)c(=O)c2ccc(C)nc21. The van der Waals surface area contributed by atoms with Crippen molar-refractivity contribution in [2.24, 2.45) is 0 Å². The maximum absolute atomic E-state index is 12.8. The van der Waals surface area contributed by atoms with Gasteiger partial charge in [0.05, 0.1) is 5.39 Å². The van der Waals surface area contributed by atoms with Gasteiger partial charge in [-0.05, 0) is 32.9 Å². The zero-order valence-corrected chi connectivity index (χ0v) is 17.0. The summed E-state index contributed by atoms with van der Waals surface area (Å²) in [5.74, 6) is -0.119. The number of fused-ring (bicyclic) bond motifs is 1. The predicted octanol–water partition coefficient (Wildman–Crippen LogP) is 4.05. The predicted molar refractivity (Wildman–Crippen MR) is 112 cm³/mol. The number of esters is 1. The van der Waals surface area contributed by atoms with Gasteiger partial charge in [-0.25, -0.2) is 9.78 Å². The Morgan fingerprint density at radius 1 is 1.13 bits per heavy atom. The van der Waals surface area contributed by atoms with Crippen molar-refractivity contribution < 1.29 is 14.1 Å². The minimum atomic E-state index is -0.704. The number of rotatable bonds is 5. The van der Waals surface area contributed by atoms with Gasteiger partial charge in [0.1, 0.15) is 23.5 Å². The summed E-state index contributed by atoms with van der Waals surface area (Å²) in [6, 6.07) is 13.0. The molecule has 0 unspecified atom stereocenters. The van der Waals surface area contributed by atoms with Crippen molar-refractivity contribution in [3.8, 4) is 11.3 Å². The van der Waals surface area contributed by atoms with Crippen molar-refractivity contribution in [2.45, 2.75) is 33.9 Å². The van der Waals surface area contributed by atoms with Crippen molar-refractivity contribution in [3.63, 3.8) is 0 Å². The molecule has 3 heterocycles. The number of nitrogens with zero attached hydrogens (tertiary/aromatic N) is 3. The molecule has 0 radical (unpaired) electrons. The normalized spacial score (nSPS) is 11.0. The Kier molecular flexibility index (Phi) is 5.18. The Morgan fingerprint density at radius 3 is 2.63 bits per heavy atom. The second-order valence-electron chi connectivity index (χ2n) is 7.11. The van der Waals surface area contributed by atoms with Gasteiger partial charge < -0.3 is 13.8 Å². The topological polar surface area (TPSA) is 87.2 Å². The summed E-state index contributed by atoms with van der Waals surface area (Å²) < 4.78 is 12.5. The highest BCUT2D eigenvalue weighted by atomic mass is 16.5. The lowest BCUT2D eigenvalue weighted by molar-refractivity contribution is 0.0462. The molecule has 0 aliphatic rings. The fraction of sp³-hybridized carbons (Fsp3) is 0.217. The third kappa shape index (κ3) is 3.74. The molecule has 152 valence electrons. The van der Waals surface area contributed by atoms with Crippen LogP contribution in [0.15, 0.2) is 58.0 Å². The van der Waals surface area contributed by atoms with E-state index in [4.69, 9.17) is 9.26 Å². The van der Waals surface area contributed by atoms with Crippen LogP contribution >= 0.6 is 0 Å². The maximum atomic E-state index is 12.8. The zero-order chi connectivity index (χ0) is 21.3. The number of carbonyl (C=O) groups is 1. The molecule has 7 heteroatoms. The molecule has 0 spiro atoms. The lowest BCUT2D eigenvalue weighted by atomic mass is 10.1. The summed E-state index contributed by atoms with van der Waals surface area (Å²) in [6.07, 6.45) is 1.50. The summed E-state index contributed by atoms with van der Waals surface area (Å²) >= 11 is 0. The third-order valence-corrected chi connectivity index (χ3v) is 4.87. The van der Waals surface area contributed by atoms with Crippen molar-refractivity contribution in [3.05, 3.63) is 81.4 Å². The second-order valence-corrected chi connectivity index (χ2v) is 7.11. The smallest absolute Gasteiger partial charge is 0.344 e. The van der Waals surface area contributed by atoms with Crippen molar-refractivity contribution >= 4 is 17.0 Å². The second kappa shape index (κ2) is 7.94. The van der Waals surface area contributed by atoms with Crippen molar-refractivity contribution in [2.75, 3.05) is 0 Å². The van der Waals surface area contributed by atoms with E-state index in [-0.39, 0.29) is 12.2 Å². The maximum Gasteiger partial charge on any atom is 0.344 e. The number of hydrogen-bond acceptors (Lipinski definition) is 6. The number of pyridine rings is 2. The summed E-state index contributed by atoms with van der Waals surface area (Å²) in [4.78, 5) is 29.8. The van der Waals surface area contributed by atoms with Gasteiger partial charge in [0.15, 0.2) is 5.76 Å². The molecule has 0 aliphatic heterocycles. The molecule has 0 saturated carbocycles. The Labute approximate surface area is 172 Å². The van der Waals surface area contributed by atoms with Crippen LogP contribution in [0.25, 0.3) is 22.4 Å². The molecule has 4 aromatic rings. The van der Waals surface area contributed by atoms with Gasteiger partial charge >= 0.3 is 5.97 Å². The van der Waals surface area contributed by atoms with E-state index in [2.05, 4.69) is 10.1 Å². The van der Waals surface area contributed by atoms with Crippen LogP contribution in [0.3, 0.4) is 0 Å². The van der Waals surface area contributed by atoms with E-state index < -0.39 is 11.4 Å². The lowest BCUT2D eigenvalue weighted by Crippen LogP contribution is -2.21. The Balaban J connectivity index is 1.55. The van der Waals surface area contributed by atoms with Crippen LogP contribution in [0.1, 0.15) is 34.2 Å². The number of ether oxygens (including phenoxy) is 1. The number of hydrogen-bond donors (Lipinski definition) is 0. The van der Waals surface area contributed by atoms with Crippen molar-refractivity contribution in [1.29, 1.82) is 0 Å². The van der Waals surface area contributed by atoms with E-state index in [1.54, 1.807) is 22.8 Å². The molecule has 30 heavy (non-hydrogen) atoms. The number of aromatic nitrogens is 3. The molecule has 0 aliphatic carbocycles. The molecule has 0 amide bonds. The third-order valence-electron chi connectivity index (χ3n) is 4.87. The average molecular weight is 403 g/mol. The van der Waals surface area contributed by atoms with Gasteiger partial charge in [-0.3, -0.25) is 4.79 Å². The van der Waals surface area contributed by atoms with Gasteiger partial charge in [-0.15, -0.1) is 0 Å². The molecule has 0 bridgehead atoms. The van der Waals surface area contributed by atoms with Crippen LogP contribution < -0.4 is 5.43 Å².